The lowest BCUT2D eigenvalue weighted by Crippen LogP contribution is -2.66. The van der Waals surface area contributed by atoms with Gasteiger partial charge in [-0.15, -0.1) is 0 Å². The molecule has 0 bridgehead atoms. The van der Waals surface area contributed by atoms with Crippen LogP contribution < -0.4 is 20.7 Å². The average molecular weight is 628 g/mol. The monoisotopic (exact) mass is 627 g/mol. The van der Waals surface area contributed by atoms with Gasteiger partial charge in [-0.05, 0) is 88.0 Å². The molecule has 1 unspecified atom stereocenters. The molecule has 248 valence electrons. The molecule has 3 aliphatic rings. The van der Waals surface area contributed by atoms with Crippen molar-refractivity contribution in [2.24, 2.45) is 0 Å². The van der Waals surface area contributed by atoms with Gasteiger partial charge in [-0.25, -0.2) is 0 Å². The van der Waals surface area contributed by atoms with Crippen molar-refractivity contribution >= 4 is 23.6 Å². The molecule has 4 amide bonds. The highest BCUT2D eigenvalue weighted by Crippen LogP contribution is 2.27. The van der Waals surface area contributed by atoms with E-state index in [1.165, 1.54) is 0 Å². The van der Waals surface area contributed by atoms with E-state index in [0.29, 0.717) is 37.1 Å². The number of aliphatic hydroxyl groups is 2. The Morgan fingerprint density at radius 3 is 2.42 bits per heavy atom. The largest absolute Gasteiger partial charge is 0.484 e. The number of nitrogens with zero attached hydrogens (tertiary/aromatic N) is 2. The van der Waals surface area contributed by atoms with Crippen LogP contribution in [0.1, 0.15) is 70.8 Å². The Hall–Kier alpha value is -3.48. The molecule has 3 saturated heterocycles. The fourth-order valence-corrected chi connectivity index (χ4v) is 6.18. The molecule has 0 saturated carbocycles. The van der Waals surface area contributed by atoms with E-state index in [2.05, 4.69) is 22.5 Å². The summed E-state index contributed by atoms with van der Waals surface area (Å²) in [5.74, 6) is -0.872. The van der Waals surface area contributed by atoms with E-state index in [1.54, 1.807) is 30.9 Å². The smallest absolute Gasteiger partial charge is 0.260 e. The van der Waals surface area contributed by atoms with Gasteiger partial charge in [0, 0.05) is 26.2 Å². The molecule has 12 nitrogen and oxygen atoms in total. The molecule has 12 heteroatoms. The van der Waals surface area contributed by atoms with Crippen LogP contribution in [0.5, 0.6) is 5.75 Å². The number of aliphatic hydroxyl groups excluding tert-OH is 2. The minimum absolute atomic E-state index is 0.0354. The number of likely N-dealkylation sites (tertiary alicyclic amines) is 1. The van der Waals surface area contributed by atoms with Crippen molar-refractivity contribution in [2.75, 3.05) is 32.8 Å². The Balaban J connectivity index is 1.53. The number of hydrogen-bond donors (Lipinski definition) is 5. The number of carbonyl (C=O) groups excluding carboxylic acids is 4. The summed E-state index contributed by atoms with van der Waals surface area (Å²) in [5.41, 5.74) is 0.106. The second-order valence-electron chi connectivity index (χ2n) is 12.6. The minimum atomic E-state index is -1.30. The van der Waals surface area contributed by atoms with Crippen molar-refractivity contribution < 1.29 is 34.1 Å². The molecule has 0 spiro atoms. The number of unbranched alkanes of at least 4 members (excludes halogenated alkanes) is 1. The minimum Gasteiger partial charge on any atom is -0.484 e. The molecule has 0 aromatic heterocycles. The molecule has 0 radical (unpaired) electrons. The van der Waals surface area contributed by atoms with E-state index in [-0.39, 0.29) is 38.4 Å². The van der Waals surface area contributed by atoms with Crippen LogP contribution in [0.3, 0.4) is 0 Å². The van der Waals surface area contributed by atoms with Gasteiger partial charge in [0.15, 0.2) is 6.61 Å². The molecule has 1 aromatic carbocycles. The van der Waals surface area contributed by atoms with E-state index in [9.17, 15) is 29.4 Å². The molecule has 5 N–H and O–H groups in total. The Morgan fingerprint density at radius 2 is 1.76 bits per heavy atom. The van der Waals surface area contributed by atoms with E-state index < -0.39 is 47.6 Å². The lowest BCUT2D eigenvalue weighted by Gasteiger charge is -2.39. The van der Waals surface area contributed by atoms with Gasteiger partial charge in [-0.2, -0.15) is 0 Å². The van der Waals surface area contributed by atoms with Crippen LogP contribution in [0.15, 0.2) is 36.4 Å². The summed E-state index contributed by atoms with van der Waals surface area (Å²) in [6, 6.07) is 4.53. The number of nitrogens with one attached hydrogen (secondary N) is 3. The van der Waals surface area contributed by atoms with Crippen LogP contribution >= 0.6 is 0 Å². The first-order chi connectivity index (χ1) is 21.6. The zero-order chi connectivity index (χ0) is 32.6. The second kappa shape index (κ2) is 15.7. The molecule has 3 aliphatic heterocycles. The normalized spacial score (nSPS) is 28.3. The Morgan fingerprint density at radius 1 is 1.04 bits per heavy atom. The number of carbonyl (C=O) groups is 4. The Kier molecular flexibility index (Phi) is 12.0. The molecular formula is C33H49N5O7. The Bertz CT molecular complexity index is 1220. The topological polar surface area (TPSA) is 161 Å². The molecule has 4 rings (SSSR count). The fraction of sp³-hybridized carbons (Fsp3) is 0.636. The van der Waals surface area contributed by atoms with E-state index in [0.717, 1.165) is 37.9 Å². The molecular weight excluding hydrogens is 578 g/mol. The van der Waals surface area contributed by atoms with Gasteiger partial charge in [0.1, 0.15) is 29.6 Å². The highest BCUT2D eigenvalue weighted by atomic mass is 16.5. The number of piperidine rings is 1. The first kappa shape index (κ1) is 34.4. The number of ether oxygens (including phenoxy) is 1. The van der Waals surface area contributed by atoms with Crippen molar-refractivity contribution in [3.63, 3.8) is 0 Å². The summed E-state index contributed by atoms with van der Waals surface area (Å²) in [5, 5.41) is 29.6. The highest BCUT2D eigenvalue weighted by Gasteiger charge is 2.44. The van der Waals surface area contributed by atoms with Crippen LogP contribution in [0.4, 0.5) is 0 Å². The van der Waals surface area contributed by atoms with Crippen molar-refractivity contribution in [3.05, 3.63) is 42.0 Å². The van der Waals surface area contributed by atoms with Crippen LogP contribution in [-0.2, 0) is 25.6 Å². The lowest BCUT2D eigenvalue weighted by atomic mass is 9.94. The van der Waals surface area contributed by atoms with Gasteiger partial charge in [-0.3, -0.25) is 24.1 Å². The summed E-state index contributed by atoms with van der Waals surface area (Å²) >= 11 is 0. The maximum atomic E-state index is 13.7. The number of benzene rings is 1. The van der Waals surface area contributed by atoms with E-state index >= 15 is 0 Å². The first-order valence-corrected chi connectivity index (χ1v) is 16.2. The van der Waals surface area contributed by atoms with Gasteiger partial charge >= 0.3 is 0 Å². The molecule has 0 aliphatic carbocycles. The number of hydrogen-bond acceptors (Lipinski definition) is 8. The van der Waals surface area contributed by atoms with Crippen molar-refractivity contribution in [2.45, 2.75) is 102 Å². The summed E-state index contributed by atoms with van der Waals surface area (Å²) in [6.45, 7) is 9.27. The zero-order valence-electron chi connectivity index (χ0n) is 26.6. The van der Waals surface area contributed by atoms with Gasteiger partial charge in [0.2, 0.25) is 17.7 Å². The van der Waals surface area contributed by atoms with Crippen molar-refractivity contribution in [1.82, 2.24) is 25.8 Å². The van der Waals surface area contributed by atoms with Gasteiger partial charge in [0.05, 0.1) is 6.04 Å². The number of amides is 4. The maximum Gasteiger partial charge on any atom is 0.260 e. The lowest BCUT2D eigenvalue weighted by molar-refractivity contribution is -0.140. The van der Waals surface area contributed by atoms with E-state index in [4.69, 9.17) is 4.74 Å². The quantitative estimate of drug-likeness (QED) is 0.190. The Labute approximate surface area is 265 Å². The SMILES string of the molecule is C=C1CCN2C(O)[C@H](Cc3ccc(OCC(=O)N4CCCCC4)cc3)NC(=O)[C@](C)(CC)NC(=O)[C@H](CCCCO)NC(=O)[C@@H]12. The van der Waals surface area contributed by atoms with Crippen molar-refractivity contribution in [3.8, 4) is 5.75 Å². The molecule has 3 fully saturated rings. The predicted octanol–water partition coefficient (Wildman–Crippen LogP) is 1.00. The van der Waals surface area contributed by atoms with Gasteiger partial charge < -0.3 is 35.8 Å². The fourth-order valence-electron chi connectivity index (χ4n) is 6.18. The van der Waals surface area contributed by atoms with Crippen molar-refractivity contribution in [1.29, 1.82) is 0 Å². The number of rotatable bonds is 10. The number of fused-ring (bicyclic) bond motifs is 1. The summed E-state index contributed by atoms with van der Waals surface area (Å²) in [7, 11) is 0. The van der Waals surface area contributed by atoms with Crippen LogP contribution in [0.25, 0.3) is 0 Å². The zero-order valence-corrected chi connectivity index (χ0v) is 26.6. The molecule has 1 aromatic rings. The highest BCUT2D eigenvalue weighted by molar-refractivity contribution is 5.96. The van der Waals surface area contributed by atoms with Crippen LogP contribution in [-0.4, -0.2) is 106 Å². The molecule has 5 atom stereocenters. The third kappa shape index (κ3) is 8.62. The van der Waals surface area contributed by atoms with Gasteiger partial charge in [-0.1, -0.05) is 25.6 Å². The van der Waals surface area contributed by atoms with Crippen LogP contribution in [0.2, 0.25) is 0 Å². The third-order valence-corrected chi connectivity index (χ3v) is 9.27. The predicted molar refractivity (Wildman–Crippen MR) is 168 cm³/mol. The summed E-state index contributed by atoms with van der Waals surface area (Å²) in [6.07, 6.45) is 4.17. The standard InChI is InChI=1S/C33H49N5O7/c1-4-33(3)32(44)35-26(20-23-11-13-24(14-12-23)45-21-27(40)37-16-7-5-8-17-37)31(43)38-18-15-22(2)28(38)30(42)34-25(29(41)36-33)10-6-9-19-39/h11-14,25-26,28,31,39,43H,2,4-10,15-21H2,1,3H3,(H,34,42)(H,35,44)(H,36,41)/t25-,26-,28+,31?,33-/m0/s1. The van der Waals surface area contributed by atoms with Crippen LogP contribution in [0, 0.1) is 0 Å². The van der Waals surface area contributed by atoms with E-state index in [1.807, 2.05) is 17.0 Å². The average Bonchev–Trinajstić information content (AvgIpc) is 3.44. The van der Waals surface area contributed by atoms with Gasteiger partial charge in [0.25, 0.3) is 5.91 Å². The third-order valence-electron chi connectivity index (χ3n) is 9.27. The maximum absolute atomic E-state index is 13.7. The molecule has 3 heterocycles. The summed E-state index contributed by atoms with van der Waals surface area (Å²) in [4.78, 5) is 56.7. The first-order valence-electron chi connectivity index (χ1n) is 16.2. The second-order valence-corrected chi connectivity index (χ2v) is 12.6. The molecule has 45 heavy (non-hydrogen) atoms. The summed E-state index contributed by atoms with van der Waals surface area (Å²) < 4.78 is 5.74.